The molecule has 0 spiro atoms. The van der Waals surface area contributed by atoms with Crippen LogP contribution in [0.4, 0.5) is 5.69 Å². The Kier molecular flexibility index (Phi) is 3.35. The molecule has 26 heavy (non-hydrogen) atoms. The number of anilines is 1. The molecule has 2 saturated carbocycles. The van der Waals surface area contributed by atoms with Crippen molar-refractivity contribution in [3.8, 4) is 0 Å². The molecule has 6 rings (SSSR count). The lowest BCUT2D eigenvalue weighted by Gasteiger charge is -2.37. The van der Waals surface area contributed by atoms with E-state index >= 15 is 0 Å². The van der Waals surface area contributed by atoms with E-state index in [1.165, 1.54) is 16.7 Å². The van der Waals surface area contributed by atoms with E-state index in [1.54, 1.807) is 24.3 Å². The average Bonchev–Trinajstić information content (AvgIpc) is 3.39. The highest BCUT2D eigenvalue weighted by Crippen LogP contribution is 2.65. The minimum atomic E-state index is -0.241. The number of likely N-dealkylation sites (tertiary alicyclic amines) is 1. The molecule has 1 saturated heterocycles. The molecule has 6 heteroatoms. The monoisotopic (exact) mass is 370 g/mol. The molecule has 1 heterocycles. The zero-order valence-electron chi connectivity index (χ0n) is 14.3. The number of carbonyl (C=O) groups excluding carboxylic acids is 3. The number of hydrogen-bond donors (Lipinski definition) is 0. The fourth-order valence-electron chi connectivity index (χ4n) is 5.31. The van der Waals surface area contributed by atoms with Gasteiger partial charge in [0.25, 0.3) is 0 Å². The van der Waals surface area contributed by atoms with Crippen molar-refractivity contribution in [3.05, 3.63) is 41.4 Å². The number of amides is 3. The lowest BCUT2D eigenvalue weighted by molar-refractivity contribution is -0.140. The van der Waals surface area contributed by atoms with Crippen LogP contribution in [0.2, 0.25) is 5.02 Å². The highest BCUT2D eigenvalue weighted by atomic mass is 35.5. The third-order valence-corrected chi connectivity index (χ3v) is 6.77. The standard InChI is InChI=1S/C20H19ClN2O3/c1-10(24)22(12-4-2-3-11(21)7-12)9-23-19(25)17-13-5-6-14(16-8-15(13)16)18(17)20(23)26/h2-7,13-18H,8-9H2,1H3. The van der Waals surface area contributed by atoms with Gasteiger partial charge in [-0.05, 0) is 48.3 Å². The van der Waals surface area contributed by atoms with Crippen LogP contribution < -0.4 is 4.90 Å². The Labute approximate surface area is 156 Å². The van der Waals surface area contributed by atoms with Crippen LogP contribution in [0.15, 0.2) is 36.4 Å². The van der Waals surface area contributed by atoms with Gasteiger partial charge in [-0.3, -0.25) is 24.2 Å². The zero-order valence-corrected chi connectivity index (χ0v) is 15.1. The molecule has 3 amide bonds. The van der Waals surface area contributed by atoms with Crippen LogP contribution in [-0.4, -0.2) is 29.3 Å². The van der Waals surface area contributed by atoms with E-state index in [4.69, 9.17) is 11.6 Å². The molecule has 5 nitrogen and oxygen atoms in total. The van der Waals surface area contributed by atoms with Crippen molar-refractivity contribution in [2.75, 3.05) is 11.6 Å². The first-order chi connectivity index (χ1) is 12.5. The van der Waals surface area contributed by atoms with Crippen LogP contribution in [0.1, 0.15) is 13.3 Å². The van der Waals surface area contributed by atoms with Gasteiger partial charge in [-0.1, -0.05) is 29.8 Å². The number of halogens is 1. The summed E-state index contributed by atoms with van der Waals surface area (Å²) in [4.78, 5) is 41.1. The number of rotatable bonds is 3. The Balaban J connectivity index is 1.45. The summed E-state index contributed by atoms with van der Waals surface area (Å²) in [6.07, 6.45) is 5.43. The summed E-state index contributed by atoms with van der Waals surface area (Å²) < 4.78 is 0. The van der Waals surface area contributed by atoms with Gasteiger partial charge in [0.15, 0.2) is 0 Å². The third kappa shape index (κ3) is 2.13. The Morgan fingerprint density at radius 1 is 1.15 bits per heavy atom. The van der Waals surface area contributed by atoms with E-state index in [9.17, 15) is 14.4 Å². The number of allylic oxidation sites excluding steroid dienone is 2. The number of benzene rings is 1. The normalized spacial score (nSPS) is 36.2. The van der Waals surface area contributed by atoms with Crippen LogP contribution in [0.25, 0.3) is 0 Å². The first-order valence-electron chi connectivity index (χ1n) is 9.04. The van der Waals surface area contributed by atoms with Gasteiger partial charge in [0, 0.05) is 17.6 Å². The highest BCUT2D eigenvalue weighted by Gasteiger charge is 2.67. The number of nitrogens with zero attached hydrogens (tertiary/aromatic N) is 2. The van der Waals surface area contributed by atoms with Crippen LogP contribution in [0.5, 0.6) is 0 Å². The topological polar surface area (TPSA) is 57.7 Å². The smallest absolute Gasteiger partial charge is 0.235 e. The summed E-state index contributed by atoms with van der Waals surface area (Å²) in [6, 6.07) is 6.89. The highest BCUT2D eigenvalue weighted by molar-refractivity contribution is 6.30. The molecule has 134 valence electrons. The maximum atomic E-state index is 13.1. The second kappa shape index (κ2) is 5.43. The zero-order chi connectivity index (χ0) is 18.2. The Bertz CT molecular complexity index is 830. The predicted octanol–water partition coefficient (Wildman–Crippen LogP) is 2.70. The summed E-state index contributed by atoms with van der Waals surface area (Å²) >= 11 is 6.04. The Morgan fingerprint density at radius 2 is 1.77 bits per heavy atom. The van der Waals surface area contributed by atoms with Crippen molar-refractivity contribution in [1.29, 1.82) is 0 Å². The second-order valence-corrected chi connectivity index (χ2v) is 8.26. The fourth-order valence-corrected chi connectivity index (χ4v) is 5.49. The summed E-state index contributed by atoms with van der Waals surface area (Å²) in [7, 11) is 0. The Morgan fingerprint density at radius 3 is 2.31 bits per heavy atom. The molecule has 1 aromatic rings. The molecule has 5 aliphatic rings. The van der Waals surface area contributed by atoms with Crippen molar-refractivity contribution in [3.63, 3.8) is 0 Å². The van der Waals surface area contributed by atoms with Crippen LogP contribution in [0.3, 0.4) is 0 Å². The minimum Gasteiger partial charge on any atom is -0.294 e. The first kappa shape index (κ1) is 16.1. The maximum absolute atomic E-state index is 13.1. The molecule has 0 radical (unpaired) electrons. The van der Waals surface area contributed by atoms with Gasteiger partial charge in [0.1, 0.15) is 6.67 Å². The van der Waals surface area contributed by atoms with E-state index in [0.29, 0.717) is 22.5 Å². The SMILES string of the molecule is CC(=O)N(CN1C(=O)C2C3C=CC(C4CC34)C2C1=O)c1cccc(Cl)c1. The van der Waals surface area contributed by atoms with Gasteiger partial charge < -0.3 is 0 Å². The molecule has 1 aromatic carbocycles. The molecule has 2 bridgehead atoms. The average molecular weight is 371 g/mol. The summed E-state index contributed by atoms with van der Waals surface area (Å²) in [5.74, 6) is 0.549. The number of hydrogen-bond acceptors (Lipinski definition) is 3. The van der Waals surface area contributed by atoms with Crippen molar-refractivity contribution < 1.29 is 14.4 Å². The van der Waals surface area contributed by atoms with Crippen molar-refractivity contribution in [1.82, 2.24) is 4.90 Å². The van der Waals surface area contributed by atoms with Crippen LogP contribution in [0, 0.1) is 35.5 Å². The van der Waals surface area contributed by atoms with Crippen molar-refractivity contribution in [2.45, 2.75) is 13.3 Å². The molecule has 6 atom stereocenters. The van der Waals surface area contributed by atoms with E-state index in [0.717, 1.165) is 6.42 Å². The largest absolute Gasteiger partial charge is 0.294 e. The number of carbonyl (C=O) groups is 3. The molecule has 1 aliphatic heterocycles. The summed E-state index contributed by atoms with van der Waals surface area (Å²) in [5, 5.41) is 0.504. The lowest BCUT2D eigenvalue weighted by atomic mass is 9.63. The predicted molar refractivity (Wildman–Crippen MR) is 96.0 cm³/mol. The lowest BCUT2D eigenvalue weighted by Crippen LogP contribution is -2.44. The quantitative estimate of drug-likeness (QED) is 0.607. The molecule has 6 unspecified atom stereocenters. The molecular formula is C20H19ClN2O3. The van der Waals surface area contributed by atoms with Crippen LogP contribution in [-0.2, 0) is 14.4 Å². The molecule has 0 N–H and O–H groups in total. The van der Waals surface area contributed by atoms with E-state index in [-0.39, 0.29) is 48.1 Å². The van der Waals surface area contributed by atoms with Crippen molar-refractivity contribution >= 4 is 35.0 Å². The van der Waals surface area contributed by atoms with Crippen LogP contribution >= 0.6 is 11.6 Å². The van der Waals surface area contributed by atoms with Gasteiger partial charge in [0.05, 0.1) is 11.8 Å². The molecule has 0 aromatic heterocycles. The van der Waals surface area contributed by atoms with E-state index < -0.39 is 0 Å². The van der Waals surface area contributed by atoms with E-state index in [1.807, 2.05) is 0 Å². The van der Waals surface area contributed by atoms with Gasteiger partial charge in [-0.25, -0.2) is 0 Å². The fraction of sp³-hybridized carbons (Fsp3) is 0.450. The maximum Gasteiger partial charge on any atom is 0.235 e. The molecule has 4 aliphatic carbocycles. The second-order valence-electron chi connectivity index (χ2n) is 7.83. The summed E-state index contributed by atoms with van der Waals surface area (Å²) in [5.41, 5.74) is 0.587. The molecular weight excluding hydrogens is 352 g/mol. The third-order valence-electron chi connectivity index (χ3n) is 6.54. The number of imide groups is 1. The van der Waals surface area contributed by atoms with Gasteiger partial charge in [0.2, 0.25) is 17.7 Å². The molecule has 3 fully saturated rings. The Hall–Kier alpha value is -2.14. The first-order valence-corrected chi connectivity index (χ1v) is 9.42. The van der Waals surface area contributed by atoms with Crippen molar-refractivity contribution in [2.24, 2.45) is 35.5 Å². The van der Waals surface area contributed by atoms with Gasteiger partial charge in [-0.2, -0.15) is 0 Å². The summed E-state index contributed by atoms with van der Waals surface area (Å²) in [6.45, 7) is 1.38. The van der Waals surface area contributed by atoms with E-state index in [2.05, 4.69) is 12.2 Å². The van der Waals surface area contributed by atoms with Gasteiger partial charge in [-0.15, -0.1) is 0 Å². The minimum absolute atomic E-state index is 0.0465. The van der Waals surface area contributed by atoms with Gasteiger partial charge >= 0.3 is 0 Å².